The second-order valence-corrected chi connectivity index (χ2v) is 5.49. The number of halogens is 2. The number of hydrogen-bond acceptors (Lipinski definition) is 4. The van der Waals surface area contributed by atoms with Crippen LogP contribution in [0, 0.1) is 22.7 Å². The quantitative estimate of drug-likeness (QED) is 0.559. The number of benzene rings is 2. The van der Waals surface area contributed by atoms with E-state index >= 15 is 0 Å². The molecule has 0 heterocycles. The Bertz CT molecular complexity index is 864. The fourth-order valence-electron chi connectivity index (χ4n) is 2.05. The van der Waals surface area contributed by atoms with Crippen molar-refractivity contribution in [1.82, 2.24) is 0 Å². The van der Waals surface area contributed by atoms with Gasteiger partial charge in [-0.25, -0.2) is 0 Å². The molecular formula is C18H12Cl2N2O2. The number of ether oxygens (including phenoxy) is 2. The van der Waals surface area contributed by atoms with Crippen molar-refractivity contribution < 1.29 is 9.47 Å². The summed E-state index contributed by atoms with van der Waals surface area (Å²) in [4.78, 5) is 0. The summed E-state index contributed by atoms with van der Waals surface area (Å²) in [6.07, 6.45) is 1.69. The van der Waals surface area contributed by atoms with E-state index in [1.807, 2.05) is 6.07 Å². The molecule has 0 bridgehead atoms. The highest BCUT2D eigenvalue weighted by molar-refractivity contribution is 6.36. The first-order valence-corrected chi connectivity index (χ1v) is 7.59. The molecule has 0 aliphatic heterocycles. The van der Waals surface area contributed by atoms with Crippen molar-refractivity contribution in [2.45, 2.75) is 0 Å². The van der Waals surface area contributed by atoms with Crippen LogP contribution in [0.2, 0.25) is 10.0 Å². The first-order chi connectivity index (χ1) is 11.6. The van der Waals surface area contributed by atoms with Gasteiger partial charge >= 0.3 is 0 Å². The van der Waals surface area contributed by atoms with Crippen LogP contribution < -0.4 is 9.47 Å². The molecular weight excluding hydrogens is 347 g/mol. The highest BCUT2D eigenvalue weighted by atomic mass is 35.5. The Hall–Kier alpha value is -2.66. The Kier molecular flexibility index (Phi) is 6.09. The summed E-state index contributed by atoms with van der Waals surface area (Å²) in [6.45, 7) is -0.0740. The molecule has 0 aliphatic rings. The van der Waals surface area contributed by atoms with E-state index in [4.69, 9.17) is 37.9 Å². The lowest BCUT2D eigenvalue weighted by atomic mass is 10.0. The van der Waals surface area contributed by atoms with Gasteiger partial charge in [-0.15, -0.1) is 0 Å². The van der Waals surface area contributed by atoms with Crippen LogP contribution >= 0.6 is 23.2 Å². The monoisotopic (exact) mass is 358 g/mol. The molecule has 24 heavy (non-hydrogen) atoms. The van der Waals surface area contributed by atoms with Crippen LogP contribution in [0.25, 0.3) is 11.6 Å². The maximum absolute atomic E-state index is 9.43. The topological polar surface area (TPSA) is 66.0 Å². The average Bonchev–Trinajstić information content (AvgIpc) is 2.58. The van der Waals surface area contributed by atoms with E-state index in [1.54, 1.807) is 42.5 Å². The summed E-state index contributed by atoms with van der Waals surface area (Å²) in [7, 11) is 1.50. The molecule has 2 aromatic rings. The van der Waals surface area contributed by atoms with Crippen molar-refractivity contribution in [1.29, 1.82) is 10.5 Å². The van der Waals surface area contributed by atoms with Crippen molar-refractivity contribution in [3.63, 3.8) is 0 Å². The van der Waals surface area contributed by atoms with Gasteiger partial charge in [0.1, 0.15) is 6.07 Å². The summed E-state index contributed by atoms with van der Waals surface area (Å²) in [5.41, 5.74) is 1.72. The Balaban J connectivity index is 2.41. The van der Waals surface area contributed by atoms with Crippen LogP contribution in [0.4, 0.5) is 0 Å². The van der Waals surface area contributed by atoms with Gasteiger partial charge in [-0.1, -0.05) is 35.3 Å². The lowest BCUT2D eigenvalue weighted by molar-refractivity contribution is 0.329. The molecule has 0 unspecified atom stereocenters. The molecule has 4 nitrogen and oxygen atoms in total. The molecule has 0 aliphatic carbocycles. The lowest BCUT2D eigenvalue weighted by Gasteiger charge is -2.09. The van der Waals surface area contributed by atoms with Crippen molar-refractivity contribution in [3.05, 3.63) is 57.6 Å². The van der Waals surface area contributed by atoms with Gasteiger partial charge in [0.2, 0.25) is 0 Å². The molecule has 2 rings (SSSR count). The first kappa shape index (κ1) is 17.7. The summed E-state index contributed by atoms with van der Waals surface area (Å²) in [5, 5.41) is 18.9. The molecule has 0 amide bonds. The van der Waals surface area contributed by atoms with Gasteiger partial charge in [-0.3, -0.25) is 0 Å². The third-order valence-corrected chi connectivity index (χ3v) is 3.68. The van der Waals surface area contributed by atoms with E-state index < -0.39 is 0 Å². The Morgan fingerprint density at radius 2 is 1.92 bits per heavy atom. The smallest absolute Gasteiger partial charge is 0.174 e. The third-order valence-electron chi connectivity index (χ3n) is 3.13. The second-order valence-electron chi connectivity index (χ2n) is 4.65. The molecule has 0 saturated heterocycles. The zero-order chi connectivity index (χ0) is 17.5. The van der Waals surface area contributed by atoms with Gasteiger partial charge in [0.15, 0.2) is 18.1 Å². The van der Waals surface area contributed by atoms with E-state index in [0.717, 1.165) is 5.56 Å². The average molecular weight is 359 g/mol. The van der Waals surface area contributed by atoms with Crippen molar-refractivity contribution in [2.24, 2.45) is 0 Å². The van der Waals surface area contributed by atoms with Gasteiger partial charge in [-0.05, 0) is 35.9 Å². The van der Waals surface area contributed by atoms with E-state index in [0.29, 0.717) is 32.7 Å². The number of hydrogen-bond donors (Lipinski definition) is 0. The Morgan fingerprint density at radius 1 is 1.12 bits per heavy atom. The first-order valence-electron chi connectivity index (χ1n) is 6.84. The van der Waals surface area contributed by atoms with Crippen LogP contribution in [-0.2, 0) is 0 Å². The van der Waals surface area contributed by atoms with E-state index in [1.165, 1.54) is 7.11 Å². The zero-order valence-electron chi connectivity index (χ0n) is 12.7. The van der Waals surface area contributed by atoms with Crippen LogP contribution in [0.5, 0.6) is 11.5 Å². The SMILES string of the molecule is COc1cc(/C=C(/C#N)c2ccc(Cl)cc2Cl)ccc1OCC#N. The molecule has 0 fully saturated rings. The van der Waals surface area contributed by atoms with Crippen LogP contribution in [0.3, 0.4) is 0 Å². The largest absolute Gasteiger partial charge is 0.493 e. The summed E-state index contributed by atoms with van der Waals surface area (Å²) >= 11 is 12.0. The summed E-state index contributed by atoms with van der Waals surface area (Å²) in [6, 6.07) is 14.1. The number of rotatable bonds is 5. The molecule has 0 radical (unpaired) electrons. The van der Waals surface area contributed by atoms with Crippen LogP contribution in [0.1, 0.15) is 11.1 Å². The number of methoxy groups -OCH3 is 1. The normalized spacial score (nSPS) is 10.6. The van der Waals surface area contributed by atoms with E-state index in [9.17, 15) is 5.26 Å². The Morgan fingerprint density at radius 3 is 2.54 bits per heavy atom. The fourth-order valence-corrected chi connectivity index (χ4v) is 2.56. The van der Waals surface area contributed by atoms with Gasteiger partial charge in [-0.2, -0.15) is 10.5 Å². The fraction of sp³-hybridized carbons (Fsp3) is 0.111. The zero-order valence-corrected chi connectivity index (χ0v) is 14.2. The van der Waals surface area contributed by atoms with Gasteiger partial charge < -0.3 is 9.47 Å². The molecule has 0 spiro atoms. The van der Waals surface area contributed by atoms with E-state index in [2.05, 4.69) is 6.07 Å². The standard InChI is InChI=1S/C18H12Cl2N2O2/c1-23-18-9-12(2-5-17(18)24-7-6-21)8-13(11-22)15-4-3-14(19)10-16(15)20/h2-5,8-10H,7H2,1H3/b13-8-. The molecule has 2 aromatic carbocycles. The van der Waals surface area contributed by atoms with E-state index in [-0.39, 0.29) is 6.61 Å². The van der Waals surface area contributed by atoms with Crippen molar-refractivity contribution in [3.8, 4) is 23.6 Å². The third kappa shape index (κ3) is 4.20. The highest BCUT2D eigenvalue weighted by Crippen LogP contribution is 2.31. The minimum absolute atomic E-state index is 0.0740. The minimum atomic E-state index is -0.0740. The van der Waals surface area contributed by atoms with Crippen LogP contribution in [0.15, 0.2) is 36.4 Å². The number of nitrogens with zero attached hydrogens (tertiary/aromatic N) is 2. The molecule has 0 atom stereocenters. The lowest BCUT2D eigenvalue weighted by Crippen LogP contribution is -1.96. The molecule has 120 valence electrons. The number of nitriles is 2. The number of allylic oxidation sites excluding steroid dienone is 1. The predicted octanol–water partition coefficient (Wildman–Crippen LogP) is 4.97. The van der Waals surface area contributed by atoms with Gasteiger partial charge in [0, 0.05) is 10.6 Å². The van der Waals surface area contributed by atoms with Crippen molar-refractivity contribution >= 4 is 34.9 Å². The van der Waals surface area contributed by atoms with Gasteiger partial charge in [0.25, 0.3) is 0 Å². The Labute approximate surface area is 150 Å². The minimum Gasteiger partial charge on any atom is -0.493 e. The maximum Gasteiger partial charge on any atom is 0.174 e. The highest BCUT2D eigenvalue weighted by Gasteiger charge is 2.09. The molecule has 0 saturated carbocycles. The predicted molar refractivity (Wildman–Crippen MR) is 94.0 cm³/mol. The maximum atomic E-state index is 9.43. The van der Waals surface area contributed by atoms with Gasteiger partial charge in [0.05, 0.1) is 23.8 Å². The molecule has 0 aromatic heterocycles. The molecule has 0 N–H and O–H groups in total. The second kappa shape index (κ2) is 8.26. The summed E-state index contributed by atoms with van der Waals surface area (Å²) in [5.74, 6) is 0.928. The van der Waals surface area contributed by atoms with Crippen LogP contribution in [-0.4, -0.2) is 13.7 Å². The van der Waals surface area contributed by atoms with Crippen molar-refractivity contribution in [2.75, 3.05) is 13.7 Å². The summed E-state index contributed by atoms with van der Waals surface area (Å²) < 4.78 is 10.5. The molecule has 6 heteroatoms.